The van der Waals surface area contributed by atoms with Gasteiger partial charge in [0.1, 0.15) is 0 Å². The van der Waals surface area contributed by atoms with Crippen LogP contribution in [0.15, 0.2) is 36.9 Å². The molecule has 0 saturated carbocycles. The second-order valence-electron chi connectivity index (χ2n) is 3.79. The van der Waals surface area contributed by atoms with Crippen molar-refractivity contribution in [3.05, 3.63) is 36.9 Å². The predicted molar refractivity (Wildman–Crippen MR) is 72.3 cm³/mol. The minimum Gasteiger partial charge on any atom is -0.477 e. The zero-order valence-electron chi connectivity index (χ0n) is 10.1. The summed E-state index contributed by atoms with van der Waals surface area (Å²) in [6.07, 6.45) is 3.70. The van der Waals surface area contributed by atoms with Gasteiger partial charge >= 0.3 is 0 Å². The van der Waals surface area contributed by atoms with Crippen molar-refractivity contribution in [2.24, 2.45) is 5.84 Å². The van der Waals surface area contributed by atoms with Crippen LogP contribution in [0.2, 0.25) is 0 Å². The van der Waals surface area contributed by atoms with Gasteiger partial charge in [-0.25, -0.2) is 10.8 Å². The van der Waals surface area contributed by atoms with Gasteiger partial charge in [0, 0.05) is 0 Å². The molecule has 5 heteroatoms. The summed E-state index contributed by atoms with van der Waals surface area (Å²) in [7, 11) is 0. The van der Waals surface area contributed by atoms with Crippen molar-refractivity contribution in [3.63, 3.8) is 0 Å². The third kappa shape index (κ3) is 2.75. The molecule has 1 aromatic carbocycles. The van der Waals surface area contributed by atoms with E-state index in [1.807, 2.05) is 30.3 Å². The van der Waals surface area contributed by atoms with E-state index in [2.05, 4.69) is 22.0 Å². The van der Waals surface area contributed by atoms with Crippen LogP contribution in [0, 0.1) is 0 Å². The number of aromatic nitrogens is 2. The molecule has 0 aliphatic heterocycles. The van der Waals surface area contributed by atoms with E-state index in [1.54, 1.807) is 0 Å². The minimum absolute atomic E-state index is 0.354. The fourth-order valence-electron chi connectivity index (χ4n) is 1.62. The van der Waals surface area contributed by atoms with Gasteiger partial charge in [-0.2, -0.15) is 4.98 Å². The Balaban J connectivity index is 2.26. The molecule has 0 saturated heterocycles. The average Bonchev–Trinajstić information content (AvgIpc) is 2.43. The number of nitrogen functional groups attached to an aromatic ring is 1. The van der Waals surface area contributed by atoms with Crippen LogP contribution in [-0.4, -0.2) is 16.6 Å². The Morgan fingerprint density at radius 3 is 2.94 bits per heavy atom. The first-order chi connectivity index (χ1) is 8.85. The normalized spacial score (nSPS) is 10.3. The van der Waals surface area contributed by atoms with Crippen LogP contribution in [0.25, 0.3) is 10.9 Å². The van der Waals surface area contributed by atoms with Crippen LogP contribution >= 0.6 is 0 Å². The van der Waals surface area contributed by atoms with Crippen molar-refractivity contribution in [1.82, 2.24) is 9.97 Å². The Labute approximate surface area is 106 Å². The van der Waals surface area contributed by atoms with Gasteiger partial charge in [0.05, 0.1) is 17.5 Å². The molecule has 0 bridgehead atoms. The Bertz CT molecular complexity index is 542. The van der Waals surface area contributed by atoms with Gasteiger partial charge in [-0.3, -0.25) is 5.43 Å². The minimum atomic E-state index is 0.354. The van der Waals surface area contributed by atoms with Crippen LogP contribution in [0.3, 0.4) is 0 Å². The fourth-order valence-corrected chi connectivity index (χ4v) is 1.62. The van der Waals surface area contributed by atoms with Crippen molar-refractivity contribution >= 4 is 16.9 Å². The standard InChI is InChI=1S/C13H16N4O/c1-2-3-6-9-18-12-10-7-4-5-8-11(10)15-13(16-12)17-14/h2,4-5,7-8H,1,3,6,9,14H2,(H,15,16,17). The number of allylic oxidation sites excluding steroid dienone is 1. The highest BCUT2D eigenvalue weighted by molar-refractivity contribution is 5.84. The van der Waals surface area contributed by atoms with E-state index in [1.165, 1.54) is 0 Å². The summed E-state index contributed by atoms with van der Waals surface area (Å²) in [4.78, 5) is 8.48. The Morgan fingerprint density at radius 1 is 1.33 bits per heavy atom. The van der Waals surface area contributed by atoms with E-state index in [0.717, 1.165) is 23.7 Å². The summed E-state index contributed by atoms with van der Waals surface area (Å²) in [6.45, 7) is 4.27. The zero-order chi connectivity index (χ0) is 12.8. The first-order valence-electron chi connectivity index (χ1n) is 5.82. The Hall–Kier alpha value is -2.14. The van der Waals surface area contributed by atoms with Gasteiger partial charge in [-0.1, -0.05) is 18.2 Å². The quantitative estimate of drug-likeness (QED) is 0.353. The van der Waals surface area contributed by atoms with Crippen LogP contribution < -0.4 is 16.0 Å². The molecule has 2 rings (SSSR count). The second-order valence-corrected chi connectivity index (χ2v) is 3.79. The van der Waals surface area contributed by atoms with Crippen LogP contribution in [0.1, 0.15) is 12.8 Å². The van der Waals surface area contributed by atoms with Crippen LogP contribution in [0.4, 0.5) is 5.95 Å². The van der Waals surface area contributed by atoms with Crippen LogP contribution in [0.5, 0.6) is 5.88 Å². The number of fused-ring (bicyclic) bond motifs is 1. The number of nitrogens with one attached hydrogen (secondary N) is 1. The van der Waals surface area contributed by atoms with Gasteiger partial charge in [0.15, 0.2) is 0 Å². The first-order valence-corrected chi connectivity index (χ1v) is 5.82. The summed E-state index contributed by atoms with van der Waals surface area (Å²) < 4.78 is 5.67. The van der Waals surface area contributed by atoms with Gasteiger partial charge < -0.3 is 4.74 Å². The fraction of sp³-hybridized carbons (Fsp3) is 0.231. The van der Waals surface area contributed by atoms with E-state index in [0.29, 0.717) is 18.4 Å². The number of benzene rings is 1. The highest BCUT2D eigenvalue weighted by Crippen LogP contribution is 2.23. The maximum absolute atomic E-state index is 5.67. The number of hydrogen-bond acceptors (Lipinski definition) is 5. The summed E-state index contributed by atoms with van der Waals surface area (Å²) in [5.41, 5.74) is 3.25. The summed E-state index contributed by atoms with van der Waals surface area (Å²) in [6, 6.07) is 7.67. The third-order valence-electron chi connectivity index (χ3n) is 2.49. The first kappa shape index (κ1) is 12.3. The summed E-state index contributed by atoms with van der Waals surface area (Å²) in [5, 5.41) is 0.884. The molecule has 0 spiro atoms. The lowest BCUT2D eigenvalue weighted by Gasteiger charge is -2.09. The van der Waals surface area contributed by atoms with Gasteiger partial charge in [-0.15, -0.1) is 6.58 Å². The third-order valence-corrected chi connectivity index (χ3v) is 2.49. The number of rotatable bonds is 6. The van der Waals surface area contributed by atoms with Crippen LogP contribution in [-0.2, 0) is 0 Å². The number of hydrazine groups is 1. The van der Waals surface area contributed by atoms with Crippen molar-refractivity contribution in [3.8, 4) is 5.88 Å². The lowest BCUT2D eigenvalue weighted by Crippen LogP contribution is -2.11. The van der Waals surface area contributed by atoms with Crippen molar-refractivity contribution in [2.45, 2.75) is 12.8 Å². The lowest BCUT2D eigenvalue weighted by molar-refractivity contribution is 0.304. The van der Waals surface area contributed by atoms with Crippen molar-refractivity contribution in [1.29, 1.82) is 0 Å². The highest BCUT2D eigenvalue weighted by Gasteiger charge is 2.07. The molecule has 0 aliphatic rings. The molecular weight excluding hydrogens is 228 g/mol. The SMILES string of the molecule is C=CCCCOc1nc(NN)nc2ccccc12. The van der Waals surface area contributed by atoms with E-state index in [4.69, 9.17) is 10.6 Å². The monoisotopic (exact) mass is 244 g/mol. The number of unbranched alkanes of at least 4 members (excludes halogenated alkanes) is 1. The largest absolute Gasteiger partial charge is 0.477 e. The number of anilines is 1. The van der Waals surface area contributed by atoms with Crippen molar-refractivity contribution < 1.29 is 4.74 Å². The van der Waals surface area contributed by atoms with Gasteiger partial charge in [-0.05, 0) is 25.0 Å². The number of hydrogen-bond donors (Lipinski definition) is 2. The average molecular weight is 244 g/mol. The maximum Gasteiger partial charge on any atom is 0.241 e. The van der Waals surface area contributed by atoms with E-state index < -0.39 is 0 Å². The molecule has 0 amide bonds. The molecule has 3 N–H and O–H groups in total. The second kappa shape index (κ2) is 5.97. The molecule has 0 unspecified atom stereocenters. The molecule has 2 aromatic rings. The molecule has 1 aromatic heterocycles. The summed E-state index contributed by atoms with van der Waals surface area (Å²) in [5.74, 6) is 6.25. The topological polar surface area (TPSA) is 73.1 Å². The van der Waals surface area contributed by atoms with Gasteiger partial charge in [0.2, 0.25) is 11.8 Å². The van der Waals surface area contributed by atoms with Crippen molar-refractivity contribution in [2.75, 3.05) is 12.0 Å². The molecule has 18 heavy (non-hydrogen) atoms. The molecule has 94 valence electrons. The number of ether oxygens (including phenoxy) is 1. The van der Waals surface area contributed by atoms with Gasteiger partial charge in [0.25, 0.3) is 0 Å². The molecule has 5 nitrogen and oxygen atoms in total. The Morgan fingerprint density at radius 2 is 2.17 bits per heavy atom. The lowest BCUT2D eigenvalue weighted by atomic mass is 10.2. The predicted octanol–water partition coefficient (Wildman–Crippen LogP) is 2.26. The number of nitrogens with zero attached hydrogens (tertiary/aromatic N) is 2. The molecule has 0 radical (unpaired) electrons. The maximum atomic E-state index is 5.67. The zero-order valence-corrected chi connectivity index (χ0v) is 10.1. The molecule has 0 aliphatic carbocycles. The van der Waals surface area contributed by atoms with E-state index >= 15 is 0 Å². The molecule has 0 atom stereocenters. The number of para-hydroxylation sites is 1. The molecular formula is C13H16N4O. The van der Waals surface area contributed by atoms with E-state index in [9.17, 15) is 0 Å². The molecule has 0 fully saturated rings. The summed E-state index contributed by atoms with van der Waals surface area (Å²) >= 11 is 0. The number of nitrogens with two attached hydrogens (primary N) is 1. The highest BCUT2D eigenvalue weighted by atomic mass is 16.5. The smallest absolute Gasteiger partial charge is 0.241 e. The van der Waals surface area contributed by atoms with E-state index in [-0.39, 0.29) is 0 Å². The Kier molecular flexibility index (Phi) is 4.09. The molecule has 1 heterocycles.